The van der Waals surface area contributed by atoms with Gasteiger partial charge in [0.25, 0.3) is 0 Å². The molecule has 1 fully saturated rings. The van der Waals surface area contributed by atoms with E-state index in [1.807, 2.05) is 6.92 Å². The molecule has 1 saturated heterocycles. The van der Waals surface area contributed by atoms with Crippen LogP contribution < -0.4 is 0 Å². The molecule has 0 spiro atoms. The second-order valence-corrected chi connectivity index (χ2v) is 3.31. The van der Waals surface area contributed by atoms with Crippen molar-refractivity contribution in [3.05, 3.63) is 0 Å². The van der Waals surface area contributed by atoms with Crippen molar-refractivity contribution in [1.29, 1.82) is 0 Å². The Bertz CT molecular complexity index is 101. The molecule has 10 heavy (non-hydrogen) atoms. The first kappa shape index (κ1) is 9.81. The van der Waals surface area contributed by atoms with Crippen LogP contribution in [0.4, 0.5) is 0 Å². The van der Waals surface area contributed by atoms with E-state index in [1.165, 1.54) is 0 Å². The first-order valence-electron chi connectivity index (χ1n) is 3.42. The maximum Gasteiger partial charge on any atom is 0.104 e. The zero-order valence-corrected chi connectivity index (χ0v) is 8.46. The van der Waals surface area contributed by atoms with Gasteiger partial charge in [-0.05, 0) is 6.42 Å². The lowest BCUT2D eigenvalue weighted by atomic mass is 10.5. The number of hydrogen-bond acceptors (Lipinski definition) is 3. The maximum absolute atomic E-state index is 9.87. The Labute approximate surface area is 63.8 Å². The normalized spacial score (nSPS) is 21.2. The lowest BCUT2D eigenvalue weighted by Crippen LogP contribution is -1.88. The predicted octanol–water partition coefficient (Wildman–Crippen LogP) is -1.33. The van der Waals surface area contributed by atoms with Gasteiger partial charge >= 0.3 is 0 Å². The van der Waals surface area contributed by atoms with E-state index < -0.39 is 0 Å². The van der Waals surface area contributed by atoms with Crippen LogP contribution in [0, 0.1) is 0 Å². The summed E-state index contributed by atoms with van der Waals surface area (Å²) in [5.41, 5.74) is 0. The summed E-state index contributed by atoms with van der Waals surface area (Å²) >= 11 is 0. The van der Waals surface area contributed by atoms with Gasteiger partial charge in [-0.3, -0.25) is 0 Å². The van der Waals surface area contributed by atoms with Crippen molar-refractivity contribution in [2.45, 2.75) is 19.4 Å². The molecule has 0 aliphatic carbocycles. The zero-order chi connectivity index (χ0) is 7.98. The molecule has 0 radical (unpaired) electrons. The van der Waals surface area contributed by atoms with Crippen LogP contribution in [-0.2, 0) is 9.53 Å². The molecule has 0 aromatic carbocycles. The van der Waals surface area contributed by atoms with Crippen molar-refractivity contribution in [2.75, 3.05) is 13.2 Å². The summed E-state index contributed by atoms with van der Waals surface area (Å²) in [5, 5.41) is 8.47. The summed E-state index contributed by atoms with van der Waals surface area (Å²) in [5.74, 6) is 0. The largest absolute Gasteiger partial charge is 0.394 e. The Kier molecular flexibility index (Phi) is 5.47. The van der Waals surface area contributed by atoms with Crippen LogP contribution in [0.2, 0.25) is 0 Å². The number of hydrogen-bond donors (Lipinski definition) is 1. The third kappa shape index (κ3) is 7.81. The Hall–Kier alpha value is -0.193. The first-order chi connectivity index (χ1) is 4.70. The molecule has 0 amide bonds. The van der Waals surface area contributed by atoms with Gasteiger partial charge in [-0.15, -0.1) is 0 Å². The van der Waals surface area contributed by atoms with Crippen LogP contribution in [0.5, 0.6) is 0 Å². The highest BCUT2D eigenvalue weighted by Gasteiger charge is 2.19. The molecule has 1 aliphatic rings. The topological polar surface area (TPSA) is 49.8 Å². The third-order valence-corrected chi connectivity index (χ3v) is 1.81. The standard InChI is InChI=1S/C3H6O2.C3H8OSi/c4-1-3-2-5-3;1-2-3(4)5/h3-4H,1-2H2;2H2,1,5H3. The van der Waals surface area contributed by atoms with Crippen LogP contribution in [0.1, 0.15) is 13.3 Å². The lowest BCUT2D eigenvalue weighted by Gasteiger charge is -1.71. The number of epoxide rings is 1. The smallest absolute Gasteiger partial charge is 0.104 e. The fraction of sp³-hybridized carbons (Fsp3) is 0.833. The van der Waals surface area contributed by atoms with Gasteiger partial charge in [-0.1, -0.05) is 6.92 Å². The SMILES string of the molecule is CCC(=O)[SiH3].OCC1CO1. The molecule has 4 heteroatoms. The van der Waals surface area contributed by atoms with Crippen molar-refractivity contribution in [2.24, 2.45) is 0 Å². The van der Waals surface area contributed by atoms with Gasteiger partial charge < -0.3 is 14.6 Å². The highest BCUT2D eigenvalue weighted by atomic mass is 28.1. The molecule has 1 aliphatic heterocycles. The quantitative estimate of drug-likeness (QED) is 0.404. The van der Waals surface area contributed by atoms with E-state index in [1.54, 1.807) is 0 Å². The lowest BCUT2D eigenvalue weighted by molar-refractivity contribution is -0.111. The van der Waals surface area contributed by atoms with Gasteiger partial charge in [0, 0.05) is 0 Å². The Morgan fingerprint density at radius 3 is 2.30 bits per heavy atom. The highest BCUT2D eigenvalue weighted by molar-refractivity contribution is 6.57. The van der Waals surface area contributed by atoms with Gasteiger partial charge in [0.05, 0.1) is 23.5 Å². The molecule has 1 N–H and O–H groups in total. The van der Waals surface area contributed by atoms with Crippen LogP contribution in [0.15, 0.2) is 0 Å². The molecule has 1 rings (SSSR count). The molecule has 1 unspecified atom stereocenters. The number of rotatable bonds is 2. The van der Waals surface area contributed by atoms with Crippen LogP contribution >= 0.6 is 0 Å². The van der Waals surface area contributed by atoms with Gasteiger partial charge in [0.1, 0.15) is 11.5 Å². The fourth-order valence-electron chi connectivity index (χ4n) is 0.173. The highest BCUT2D eigenvalue weighted by Crippen LogP contribution is 2.04. The summed E-state index contributed by atoms with van der Waals surface area (Å²) in [6.45, 7) is 2.84. The average molecular weight is 162 g/mol. The van der Waals surface area contributed by atoms with E-state index in [-0.39, 0.29) is 12.7 Å². The Morgan fingerprint density at radius 1 is 1.90 bits per heavy atom. The average Bonchev–Trinajstić information content (AvgIpc) is 2.70. The Morgan fingerprint density at radius 2 is 2.30 bits per heavy atom. The van der Waals surface area contributed by atoms with Crippen molar-refractivity contribution in [3.8, 4) is 0 Å². The van der Waals surface area contributed by atoms with Crippen molar-refractivity contribution in [3.63, 3.8) is 0 Å². The number of carbonyl (C=O) groups is 1. The first-order valence-corrected chi connectivity index (χ1v) is 4.42. The summed E-state index contributed by atoms with van der Waals surface area (Å²) in [7, 11) is 0.731. The number of carbonyl (C=O) groups excluding carboxylic acids is 1. The summed E-state index contributed by atoms with van der Waals surface area (Å²) < 4.78 is 4.61. The molecule has 0 bridgehead atoms. The second-order valence-electron chi connectivity index (χ2n) is 2.19. The molecule has 0 saturated carbocycles. The fourth-order valence-corrected chi connectivity index (χ4v) is 0.173. The number of aliphatic hydroxyl groups is 1. The van der Waals surface area contributed by atoms with E-state index in [4.69, 9.17) is 5.11 Å². The van der Waals surface area contributed by atoms with Crippen LogP contribution in [0.3, 0.4) is 0 Å². The molecule has 60 valence electrons. The summed E-state index contributed by atoms with van der Waals surface area (Å²) in [6.07, 6.45) is 0.918. The van der Waals surface area contributed by atoms with E-state index in [9.17, 15) is 4.79 Å². The summed E-state index contributed by atoms with van der Waals surface area (Å²) in [4.78, 5) is 9.87. The second kappa shape index (κ2) is 5.58. The molecular weight excluding hydrogens is 148 g/mol. The molecule has 0 aromatic rings. The molecule has 0 aromatic heterocycles. The van der Waals surface area contributed by atoms with Gasteiger partial charge in [0.15, 0.2) is 0 Å². The van der Waals surface area contributed by atoms with Crippen LogP contribution in [-0.4, -0.2) is 40.1 Å². The number of aliphatic hydroxyl groups excluding tert-OH is 1. The summed E-state index contributed by atoms with van der Waals surface area (Å²) in [6, 6.07) is 0. The molecule has 1 atom stereocenters. The van der Waals surface area contributed by atoms with E-state index in [0.29, 0.717) is 5.41 Å². The van der Waals surface area contributed by atoms with Crippen LogP contribution in [0.25, 0.3) is 0 Å². The number of ether oxygens (including phenoxy) is 1. The minimum atomic E-state index is 0.190. The molecule has 3 nitrogen and oxygen atoms in total. The van der Waals surface area contributed by atoms with E-state index in [2.05, 4.69) is 4.74 Å². The van der Waals surface area contributed by atoms with Gasteiger partial charge in [-0.2, -0.15) is 0 Å². The maximum atomic E-state index is 9.87. The van der Waals surface area contributed by atoms with Crippen molar-refractivity contribution < 1.29 is 14.6 Å². The molecule has 1 heterocycles. The van der Waals surface area contributed by atoms with Gasteiger partial charge in [-0.25, -0.2) is 0 Å². The van der Waals surface area contributed by atoms with E-state index >= 15 is 0 Å². The third-order valence-electron chi connectivity index (χ3n) is 1.10. The van der Waals surface area contributed by atoms with Crippen molar-refractivity contribution in [1.82, 2.24) is 0 Å². The minimum Gasteiger partial charge on any atom is -0.394 e. The zero-order valence-electron chi connectivity index (χ0n) is 6.46. The Balaban J connectivity index is 0.000000162. The van der Waals surface area contributed by atoms with Gasteiger partial charge in [0.2, 0.25) is 0 Å². The van der Waals surface area contributed by atoms with Crippen molar-refractivity contribution >= 4 is 15.6 Å². The minimum absolute atomic E-state index is 0.190. The van der Waals surface area contributed by atoms with E-state index in [0.717, 1.165) is 23.3 Å². The molecular formula is C6H14O3Si. The predicted molar refractivity (Wildman–Crippen MR) is 42.1 cm³/mol. The monoisotopic (exact) mass is 162 g/mol.